The minimum Gasteiger partial charge on any atom is -0.466 e. The van der Waals surface area contributed by atoms with Gasteiger partial charge >= 0.3 is 11.9 Å². The van der Waals surface area contributed by atoms with Gasteiger partial charge in [-0.1, -0.05) is 51.9 Å². The van der Waals surface area contributed by atoms with Crippen molar-refractivity contribution >= 4 is 11.9 Å². The lowest BCUT2D eigenvalue weighted by molar-refractivity contribution is -0.155. The van der Waals surface area contributed by atoms with Gasteiger partial charge in [-0.15, -0.1) is 0 Å². The van der Waals surface area contributed by atoms with Gasteiger partial charge in [0, 0.05) is 0 Å². The third-order valence-corrected chi connectivity index (χ3v) is 6.57. The van der Waals surface area contributed by atoms with E-state index in [0.717, 1.165) is 25.7 Å². The first-order valence-electron chi connectivity index (χ1n) is 13.2. The second kappa shape index (κ2) is 15.7. The lowest BCUT2D eigenvalue weighted by Crippen LogP contribution is -2.22. The van der Waals surface area contributed by atoms with Gasteiger partial charge in [0.05, 0.1) is 50.0 Å². The molecule has 0 spiro atoms. The van der Waals surface area contributed by atoms with Crippen LogP contribution in [0.5, 0.6) is 0 Å². The van der Waals surface area contributed by atoms with E-state index in [1.165, 1.54) is 51.4 Å². The molecule has 0 aromatic rings. The van der Waals surface area contributed by atoms with Crippen molar-refractivity contribution in [3.8, 4) is 0 Å². The van der Waals surface area contributed by atoms with Gasteiger partial charge in [0.15, 0.2) is 0 Å². The third-order valence-electron chi connectivity index (χ3n) is 6.57. The normalized spacial score (nSPS) is 24.7. The summed E-state index contributed by atoms with van der Waals surface area (Å²) in [5.74, 6) is -1.01. The van der Waals surface area contributed by atoms with Gasteiger partial charge in [0.25, 0.3) is 0 Å². The number of esters is 2. The Kier molecular flexibility index (Phi) is 13.3. The molecule has 6 nitrogen and oxygen atoms in total. The van der Waals surface area contributed by atoms with Crippen LogP contribution in [0.25, 0.3) is 0 Å². The van der Waals surface area contributed by atoms with Gasteiger partial charge in [0.2, 0.25) is 0 Å². The molecule has 6 heteroatoms. The second-order valence-electron chi connectivity index (χ2n) is 9.30. The zero-order valence-electron chi connectivity index (χ0n) is 20.6. The minimum atomic E-state index is -0.400. The molecular weight excluding hydrogens is 408 g/mol. The molecule has 0 aliphatic carbocycles. The molecule has 0 N–H and O–H groups in total. The average molecular weight is 455 g/mol. The van der Waals surface area contributed by atoms with Crippen molar-refractivity contribution in [1.29, 1.82) is 0 Å². The average Bonchev–Trinajstić information content (AvgIpc) is 3.68. The van der Waals surface area contributed by atoms with Crippen molar-refractivity contribution in [2.45, 2.75) is 135 Å². The van der Waals surface area contributed by atoms with E-state index in [1.54, 1.807) is 13.8 Å². The summed E-state index contributed by atoms with van der Waals surface area (Å²) in [6.07, 6.45) is 16.9. The van der Waals surface area contributed by atoms with Crippen molar-refractivity contribution in [2.75, 3.05) is 13.2 Å². The Balaban J connectivity index is 1.47. The van der Waals surface area contributed by atoms with E-state index in [4.69, 9.17) is 18.9 Å². The molecule has 2 fully saturated rings. The van der Waals surface area contributed by atoms with Gasteiger partial charge in [-0.05, 0) is 52.4 Å². The maximum atomic E-state index is 12.1. The van der Waals surface area contributed by atoms with Gasteiger partial charge in [0.1, 0.15) is 0 Å². The molecule has 0 radical (unpaired) electrons. The van der Waals surface area contributed by atoms with Gasteiger partial charge in [-0.3, -0.25) is 9.59 Å². The van der Waals surface area contributed by atoms with Crippen molar-refractivity contribution in [1.82, 2.24) is 0 Å². The first-order chi connectivity index (χ1) is 15.6. The first kappa shape index (κ1) is 27.1. The summed E-state index contributed by atoms with van der Waals surface area (Å²) < 4.78 is 21.8. The fourth-order valence-electron chi connectivity index (χ4n) is 4.56. The van der Waals surface area contributed by atoms with Crippen molar-refractivity contribution in [2.24, 2.45) is 5.92 Å². The maximum Gasteiger partial charge on any atom is 0.309 e. The molecule has 2 aliphatic rings. The third kappa shape index (κ3) is 11.1. The number of ether oxygens (including phenoxy) is 4. The van der Waals surface area contributed by atoms with Crippen LogP contribution in [0.3, 0.4) is 0 Å². The number of carbonyl (C=O) groups is 2. The van der Waals surface area contributed by atoms with Crippen molar-refractivity contribution in [3.05, 3.63) is 0 Å². The second-order valence-corrected chi connectivity index (χ2v) is 9.30. The summed E-state index contributed by atoms with van der Waals surface area (Å²) in [4.78, 5) is 23.9. The van der Waals surface area contributed by atoms with Crippen LogP contribution in [0.2, 0.25) is 0 Å². The molecule has 0 bridgehead atoms. The van der Waals surface area contributed by atoms with Crippen LogP contribution in [0, 0.1) is 5.92 Å². The summed E-state index contributed by atoms with van der Waals surface area (Å²) in [7, 11) is 0. The van der Waals surface area contributed by atoms with E-state index in [1.807, 2.05) is 0 Å². The fraction of sp³-hybridized carbons (Fsp3) is 0.923. The molecule has 2 rings (SSSR count). The molecule has 186 valence electrons. The zero-order chi connectivity index (χ0) is 23.2. The predicted molar refractivity (Wildman–Crippen MR) is 124 cm³/mol. The van der Waals surface area contributed by atoms with Gasteiger partial charge in [-0.25, -0.2) is 0 Å². The number of carbonyl (C=O) groups excluding carboxylic acids is 2. The highest BCUT2D eigenvalue weighted by atomic mass is 16.6. The van der Waals surface area contributed by atoms with Crippen LogP contribution in [-0.4, -0.2) is 49.6 Å². The van der Waals surface area contributed by atoms with Gasteiger partial charge < -0.3 is 18.9 Å². The van der Waals surface area contributed by atoms with E-state index in [9.17, 15) is 9.59 Å². The van der Waals surface area contributed by atoms with Crippen molar-refractivity contribution in [3.63, 3.8) is 0 Å². The van der Waals surface area contributed by atoms with Crippen LogP contribution in [0.1, 0.15) is 111 Å². The number of rotatable bonds is 20. The number of hydrogen-bond donors (Lipinski definition) is 0. The van der Waals surface area contributed by atoms with E-state index >= 15 is 0 Å². The lowest BCUT2D eigenvalue weighted by atomic mass is 9.97. The first-order valence-corrected chi connectivity index (χ1v) is 13.2. The standard InChI is InChI=1S/C26H46O6/c1-4-7-8-9-10-15-21-23(31-21)17-13-18-24-22(32-24)16-12-11-14-20(26(28)30-6-3)19-25(27)29-5-2/h20-24H,4-19H2,1-3H3. The summed E-state index contributed by atoms with van der Waals surface area (Å²) >= 11 is 0. The van der Waals surface area contributed by atoms with E-state index in [-0.39, 0.29) is 18.4 Å². The van der Waals surface area contributed by atoms with E-state index in [0.29, 0.717) is 44.1 Å². The summed E-state index contributed by atoms with van der Waals surface area (Å²) in [5, 5.41) is 0. The van der Waals surface area contributed by atoms with Crippen LogP contribution in [-0.2, 0) is 28.5 Å². The number of unbranched alkanes of at least 4 members (excludes halogenated alkanes) is 5. The Labute approximate surface area is 195 Å². The summed E-state index contributed by atoms with van der Waals surface area (Å²) in [6, 6.07) is 0. The van der Waals surface area contributed by atoms with E-state index in [2.05, 4.69) is 6.92 Å². The van der Waals surface area contributed by atoms with Crippen LogP contribution in [0.4, 0.5) is 0 Å². The van der Waals surface area contributed by atoms with E-state index < -0.39 is 5.92 Å². The number of epoxide rings is 2. The predicted octanol–water partition coefficient (Wildman–Crippen LogP) is 5.74. The highest BCUT2D eigenvalue weighted by molar-refractivity contribution is 5.79. The topological polar surface area (TPSA) is 77.7 Å². The molecule has 2 heterocycles. The molecule has 0 amide bonds. The quantitative estimate of drug-likeness (QED) is 0.132. The smallest absolute Gasteiger partial charge is 0.309 e. The number of hydrogen-bond acceptors (Lipinski definition) is 6. The maximum absolute atomic E-state index is 12.1. The molecule has 5 atom stereocenters. The fourth-order valence-corrected chi connectivity index (χ4v) is 4.56. The lowest BCUT2D eigenvalue weighted by Gasteiger charge is -2.14. The Morgan fingerprint density at radius 1 is 0.688 bits per heavy atom. The monoisotopic (exact) mass is 454 g/mol. The SMILES string of the molecule is CCCCCCCC1OC1CCCC1OC1CCCCC(CC(=O)OCC)C(=O)OCC. The largest absolute Gasteiger partial charge is 0.466 e. The molecule has 0 saturated carbocycles. The highest BCUT2D eigenvalue weighted by Crippen LogP contribution is 2.35. The zero-order valence-corrected chi connectivity index (χ0v) is 20.6. The molecular formula is C26H46O6. The summed E-state index contributed by atoms with van der Waals surface area (Å²) in [6.45, 7) is 6.48. The Hall–Kier alpha value is -1.14. The van der Waals surface area contributed by atoms with Crippen LogP contribution >= 0.6 is 0 Å². The van der Waals surface area contributed by atoms with Crippen LogP contribution in [0.15, 0.2) is 0 Å². The molecule has 0 aromatic heterocycles. The Morgan fingerprint density at radius 3 is 1.78 bits per heavy atom. The minimum absolute atomic E-state index is 0.109. The Bertz CT molecular complexity index is 536. The van der Waals surface area contributed by atoms with Gasteiger partial charge in [-0.2, -0.15) is 0 Å². The van der Waals surface area contributed by atoms with Crippen molar-refractivity contribution < 1.29 is 28.5 Å². The molecule has 2 aliphatic heterocycles. The molecule has 0 aromatic carbocycles. The molecule has 5 unspecified atom stereocenters. The highest BCUT2D eigenvalue weighted by Gasteiger charge is 2.40. The Morgan fingerprint density at radius 2 is 1.22 bits per heavy atom. The van der Waals surface area contributed by atoms with Crippen LogP contribution < -0.4 is 0 Å². The molecule has 2 saturated heterocycles. The summed E-state index contributed by atoms with van der Waals surface area (Å²) in [5.41, 5.74) is 0. The molecule has 32 heavy (non-hydrogen) atoms.